The number of nitrogen functional groups attached to an aromatic ring is 1. The molecule has 1 fully saturated rings. The number of benzene rings is 1. The molecule has 0 amide bonds. The Morgan fingerprint density at radius 2 is 2.36 bits per heavy atom. The van der Waals surface area contributed by atoms with Gasteiger partial charge in [-0.05, 0) is 49.9 Å². The van der Waals surface area contributed by atoms with E-state index in [9.17, 15) is 0 Å². The lowest BCUT2D eigenvalue weighted by Crippen LogP contribution is -2.24. The summed E-state index contributed by atoms with van der Waals surface area (Å²) in [7, 11) is 0. The average Bonchev–Trinajstić information content (AvgIpc) is 2.62. The molecule has 1 aromatic rings. The fourth-order valence-corrected chi connectivity index (χ4v) is 2.10. The van der Waals surface area contributed by atoms with Gasteiger partial charge in [0.25, 0.3) is 0 Å². The van der Waals surface area contributed by atoms with E-state index in [1.165, 1.54) is 24.0 Å². The molecular formula is C12H18N2. The Hall–Kier alpha value is -1.02. The lowest BCUT2D eigenvalue weighted by Gasteiger charge is -2.12. The van der Waals surface area contributed by atoms with Crippen LogP contribution in [-0.4, -0.2) is 12.6 Å². The maximum absolute atomic E-state index is 5.97. The fraction of sp³-hybridized carbons (Fsp3) is 0.500. The summed E-state index contributed by atoms with van der Waals surface area (Å²) in [6.07, 6.45) is 3.66. The SMILES string of the molecule is Cc1ccc(CC2CCCN2)c(N)c1. The third-order valence-corrected chi connectivity index (χ3v) is 2.93. The maximum Gasteiger partial charge on any atom is 0.0349 e. The van der Waals surface area contributed by atoms with Crippen molar-refractivity contribution in [3.05, 3.63) is 29.3 Å². The summed E-state index contributed by atoms with van der Waals surface area (Å²) in [5, 5.41) is 3.49. The topological polar surface area (TPSA) is 38.0 Å². The first kappa shape index (κ1) is 9.53. The Kier molecular flexibility index (Phi) is 2.73. The first-order valence-electron chi connectivity index (χ1n) is 5.34. The first-order chi connectivity index (χ1) is 6.75. The van der Waals surface area contributed by atoms with Crippen LogP contribution in [-0.2, 0) is 6.42 Å². The van der Waals surface area contributed by atoms with Crippen LogP contribution in [0.25, 0.3) is 0 Å². The van der Waals surface area contributed by atoms with Gasteiger partial charge in [0.05, 0.1) is 0 Å². The van der Waals surface area contributed by atoms with Crippen molar-refractivity contribution in [3.8, 4) is 0 Å². The van der Waals surface area contributed by atoms with Crippen molar-refractivity contribution in [1.29, 1.82) is 0 Å². The van der Waals surface area contributed by atoms with Gasteiger partial charge in [-0.1, -0.05) is 12.1 Å². The van der Waals surface area contributed by atoms with Crippen LogP contribution in [0.15, 0.2) is 18.2 Å². The van der Waals surface area contributed by atoms with E-state index >= 15 is 0 Å². The Balaban J connectivity index is 2.08. The third kappa shape index (κ3) is 2.07. The minimum absolute atomic E-state index is 0.639. The summed E-state index contributed by atoms with van der Waals surface area (Å²) in [6, 6.07) is 7.00. The van der Waals surface area contributed by atoms with Crippen LogP contribution in [0, 0.1) is 6.92 Å². The fourth-order valence-electron chi connectivity index (χ4n) is 2.10. The van der Waals surface area contributed by atoms with Crippen molar-refractivity contribution in [3.63, 3.8) is 0 Å². The summed E-state index contributed by atoms with van der Waals surface area (Å²) in [5.41, 5.74) is 9.44. The summed E-state index contributed by atoms with van der Waals surface area (Å²) in [4.78, 5) is 0. The number of nitrogens with one attached hydrogen (secondary N) is 1. The minimum atomic E-state index is 0.639. The van der Waals surface area contributed by atoms with Crippen LogP contribution < -0.4 is 11.1 Å². The van der Waals surface area contributed by atoms with Gasteiger partial charge in [0.15, 0.2) is 0 Å². The van der Waals surface area contributed by atoms with Gasteiger partial charge in [-0.15, -0.1) is 0 Å². The van der Waals surface area contributed by atoms with E-state index in [4.69, 9.17) is 5.73 Å². The van der Waals surface area contributed by atoms with Gasteiger partial charge in [-0.2, -0.15) is 0 Å². The smallest absolute Gasteiger partial charge is 0.0349 e. The molecule has 2 heteroatoms. The molecule has 76 valence electrons. The highest BCUT2D eigenvalue weighted by molar-refractivity contribution is 5.49. The molecular weight excluding hydrogens is 172 g/mol. The van der Waals surface area contributed by atoms with Crippen LogP contribution in [0.4, 0.5) is 5.69 Å². The summed E-state index contributed by atoms with van der Waals surface area (Å²) < 4.78 is 0. The van der Waals surface area contributed by atoms with Crippen LogP contribution in [0.2, 0.25) is 0 Å². The van der Waals surface area contributed by atoms with Gasteiger partial charge >= 0.3 is 0 Å². The molecule has 1 aliphatic heterocycles. The van der Waals surface area contributed by atoms with E-state index in [1.54, 1.807) is 0 Å². The van der Waals surface area contributed by atoms with Gasteiger partial charge in [-0.25, -0.2) is 0 Å². The van der Waals surface area contributed by atoms with E-state index in [2.05, 4.69) is 30.4 Å². The van der Waals surface area contributed by atoms with Crippen molar-refractivity contribution < 1.29 is 0 Å². The maximum atomic E-state index is 5.97. The van der Waals surface area contributed by atoms with Gasteiger partial charge < -0.3 is 11.1 Å². The summed E-state index contributed by atoms with van der Waals surface area (Å²) in [6.45, 7) is 3.24. The molecule has 2 nitrogen and oxygen atoms in total. The standard InChI is InChI=1S/C12H18N2/c1-9-4-5-10(12(13)7-9)8-11-3-2-6-14-11/h4-5,7,11,14H,2-3,6,8,13H2,1H3. The van der Waals surface area contributed by atoms with Gasteiger partial charge in [0.1, 0.15) is 0 Å². The molecule has 1 aromatic carbocycles. The lowest BCUT2D eigenvalue weighted by atomic mass is 10.0. The predicted molar refractivity (Wildman–Crippen MR) is 60.3 cm³/mol. The molecule has 2 rings (SSSR count). The zero-order valence-corrected chi connectivity index (χ0v) is 8.72. The number of rotatable bonds is 2. The Bertz CT molecular complexity index is 314. The summed E-state index contributed by atoms with van der Waals surface area (Å²) in [5.74, 6) is 0. The van der Waals surface area contributed by atoms with E-state index in [0.717, 1.165) is 18.7 Å². The van der Waals surface area contributed by atoms with Crippen molar-refractivity contribution in [2.75, 3.05) is 12.3 Å². The molecule has 1 aliphatic rings. The minimum Gasteiger partial charge on any atom is -0.398 e. The van der Waals surface area contributed by atoms with E-state index in [0.29, 0.717) is 6.04 Å². The van der Waals surface area contributed by atoms with Crippen molar-refractivity contribution in [2.45, 2.75) is 32.2 Å². The number of nitrogens with two attached hydrogens (primary N) is 1. The Labute approximate surface area is 85.5 Å². The molecule has 1 atom stereocenters. The predicted octanol–water partition coefficient (Wildman–Crippen LogP) is 1.87. The molecule has 0 radical (unpaired) electrons. The molecule has 0 saturated carbocycles. The quantitative estimate of drug-likeness (QED) is 0.699. The van der Waals surface area contributed by atoms with E-state index in [1.807, 2.05) is 0 Å². The molecule has 0 spiro atoms. The molecule has 3 N–H and O–H groups in total. The average molecular weight is 190 g/mol. The normalized spacial score (nSPS) is 21.4. The monoisotopic (exact) mass is 190 g/mol. The van der Waals surface area contributed by atoms with Gasteiger partial charge in [-0.3, -0.25) is 0 Å². The number of hydrogen-bond acceptors (Lipinski definition) is 2. The second kappa shape index (κ2) is 4.01. The molecule has 14 heavy (non-hydrogen) atoms. The van der Waals surface area contributed by atoms with Crippen molar-refractivity contribution >= 4 is 5.69 Å². The number of aryl methyl sites for hydroxylation is 1. The van der Waals surface area contributed by atoms with Crippen LogP contribution >= 0.6 is 0 Å². The molecule has 0 aromatic heterocycles. The molecule has 0 aliphatic carbocycles. The number of anilines is 1. The van der Waals surface area contributed by atoms with Crippen LogP contribution in [0.1, 0.15) is 24.0 Å². The Morgan fingerprint density at radius 3 is 3.00 bits per heavy atom. The molecule has 1 unspecified atom stereocenters. The summed E-state index contributed by atoms with van der Waals surface area (Å²) >= 11 is 0. The van der Waals surface area contributed by atoms with Crippen LogP contribution in [0.5, 0.6) is 0 Å². The lowest BCUT2D eigenvalue weighted by molar-refractivity contribution is 0.604. The zero-order valence-electron chi connectivity index (χ0n) is 8.72. The molecule has 1 heterocycles. The largest absolute Gasteiger partial charge is 0.398 e. The highest BCUT2D eigenvalue weighted by atomic mass is 14.9. The van der Waals surface area contributed by atoms with Crippen molar-refractivity contribution in [1.82, 2.24) is 5.32 Å². The highest BCUT2D eigenvalue weighted by Gasteiger charge is 2.15. The molecule has 0 bridgehead atoms. The second-order valence-electron chi connectivity index (χ2n) is 4.20. The van der Waals surface area contributed by atoms with Crippen LogP contribution in [0.3, 0.4) is 0 Å². The van der Waals surface area contributed by atoms with Crippen molar-refractivity contribution in [2.24, 2.45) is 0 Å². The zero-order chi connectivity index (χ0) is 9.97. The van der Waals surface area contributed by atoms with Gasteiger partial charge in [0, 0.05) is 11.7 Å². The number of hydrogen-bond donors (Lipinski definition) is 2. The van der Waals surface area contributed by atoms with Gasteiger partial charge in [0.2, 0.25) is 0 Å². The Morgan fingerprint density at radius 1 is 1.50 bits per heavy atom. The first-order valence-corrected chi connectivity index (χ1v) is 5.34. The third-order valence-electron chi connectivity index (χ3n) is 2.93. The van der Waals surface area contributed by atoms with E-state index < -0.39 is 0 Å². The van der Waals surface area contributed by atoms with E-state index in [-0.39, 0.29) is 0 Å². The highest BCUT2D eigenvalue weighted by Crippen LogP contribution is 2.18. The second-order valence-corrected chi connectivity index (χ2v) is 4.20. The molecule has 1 saturated heterocycles.